The van der Waals surface area contributed by atoms with E-state index in [1.165, 1.54) is 16.7 Å². The van der Waals surface area contributed by atoms with Crippen molar-refractivity contribution in [1.29, 1.82) is 0 Å². The van der Waals surface area contributed by atoms with Gasteiger partial charge in [-0.15, -0.1) is 0 Å². The molecule has 0 N–H and O–H groups in total. The summed E-state index contributed by atoms with van der Waals surface area (Å²) in [5.41, 5.74) is 4.86. The molecule has 1 aromatic carbocycles. The highest BCUT2D eigenvalue weighted by Crippen LogP contribution is 2.18. The Labute approximate surface area is 99.0 Å². The molecule has 0 heteroatoms. The third-order valence-corrected chi connectivity index (χ3v) is 2.75. The van der Waals surface area contributed by atoms with Gasteiger partial charge in [-0.2, -0.15) is 0 Å². The minimum absolute atomic E-state index is 1.01. The van der Waals surface area contributed by atoms with Crippen LogP contribution in [0.15, 0.2) is 60.7 Å². The zero-order valence-corrected chi connectivity index (χ0v) is 10.3. The number of benzene rings is 1. The van der Waals surface area contributed by atoms with Gasteiger partial charge in [0.15, 0.2) is 0 Å². The minimum Gasteiger partial charge on any atom is -0.0959 e. The molecule has 0 fully saturated rings. The van der Waals surface area contributed by atoms with Gasteiger partial charge in [0.1, 0.15) is 0 Å². The Morgan fingerprint density at radius 3 is 2.31 bits per heavy atom. The summed E-state index contributed by atoms with van der Waals surface area (Å²) in [7, 11) is 0. The third kappa shape index (κ3) is 3.90. The first kappa shape index (κ1) is 12.5. The SMILES string of the molecule is C=C(C)/C(C)=C/CCC(=C)c1ccccc1. The average molecular weight is 212 g/mol. The summed E-state index contributed by atoms with van der Waals surface area (Å²) in [6, 6.07) is 10.3. The molecule has 0 saturated heterocycles. The normalized spacial score (nSPS) is 11.2. The van der Waals surface area contributed by atoms with Crippen LogP contribution in [-0.2, 0) is 0 Å². The lowest BCUT2D eigenvalue weighted by atomic mass is 10.0. The van der Waals surface area contributed by atoms with Crippen molar-refractivity contribution in [3.8, 4) is 0 Å². The fourth-order valence-electron chi connectivity index (χ4n) is 1.46. The Hall–Kier alpha value is -1.56. The highest BCUT2D eigenvalue weighted by atomic mass is 14.0. The lowest BCUT2D eigenvalue weighted by molar-refractivity contribution is 1.05. The van der Waals surface area contributed by atoms with Crippen LogP contribution in [0.2, 0.25) is 0 Å². The molecule has 0 spiro atoms. The zero-order chi connectivity index (χ0) is 12.0. The van der Waals surface area contributed by atoms with Crippen LogP contribution in [0.4, 0.5) is 0 Å². The quantitative estimate of drug-likeness (QED) is 0.602. The summed E-state index contributed by atoms with van der Waals surface area (Å²) in [5.74, 6) is 0. The van der Waals surface area contributed by atoms with Crippen LogP contribution in [0.3, 0.4) is 0 Å². The second kappa shape index (κ2) is 6.12. The molecule has 0 nitrogen and oxygen atoms in total. The summed E-state index contributed by atoms with van der Waals surface area (Å²) < 4.78 is 0. The second-order valence-electron chi connectivity index (χ2n) is 4.18. The second-order valence-corrected chi connectivity index (χ2v) is 4.18. The molecule has 0 bridgehead atoms. The Balaban J connectivity index is 2.49. The van der Waals surface area contributed by atoms with E-state index >= 15 is 0 Å². The molecule has 0 aliphatic carbocycles. The van der Waals surface area contributed by atoms with Gasteiger partial charge in [-0.25, -0.2) is 0 Å². The molecular formula is C16H20. The van der Waals surface area contributed by atoms with Gasteiger partial charge in [0, 0.05) is 0 Å². The average Bonchev–Trinajstić information content (AvgIpc) is 2.29. The summed E-state index contributed by atoms with van der Waals surface area (Å²) in [6.07, 6.45) is 4.28. The number of allylic oxidation sites excluding steroid dienone is 4. The molecule has 0 saturated carbocycles. The Morgan fingerprint density at radius 1 is 1.12 bits per heavy atom. The molecule has 0 atom stereocenters. The molecule has 0 unspecified atom stereocenters. The Kier molecular flexibility index (Phi) is 4.78. The number of hydrogen-bond acceptors (Lipinski definition) is 0. The lowest BCUT2D eigenvalue weighted by Gasteiger charge is -2.04. The lowest BCUT2D eigenvalue weighted by Crippen LogP contribution is -1.83. The van der Waals surface area contributed by atoms with Crippen molar-refractivity contribution in [2.75, 3.05) is 0 Å². The van der Waals surface area contributed by atoms with E-state index in [1.54, 1.807) is 0 Å². The van der Waals surface area contributed by atoms with Gasteiger partial charge in [-0.05, 0) is 37.8 Å². The predicted octanol–water partition coefficient (Wildman–Crippen LogP) is 5.00. The molecule has 1 rings (SSSR count). The van der Waals surface area contributed by atoms with E-state index in [4.69, 9.17) is 0 Å². The number of rotatable bonds is 5. The van der Waals surface area contributed by atoms with E-state index in [0.717, 1.165) is 18.4 Å². The standard InChI is InChI=1S/C16H20/c1-13(2)14(3)9-8-10-15(4)16-11-6-5-7-12-16/h5-7,9,11-12H,1,4,8,10H2,2-3H3/b14-9+. The predicted molar refractivity (Wildman–Crippen MR) is 73.3 cm³/mol. The maximum Gasteiger partial charge on any atom is -0.0230 e. The van der Waals surface area contributed by atoms with E-state index < -0.39 is 0 Å². The monoisotopic (exact) mass is 212 g/mol. The Morgan fingerprint density at radius 2 is 1.75 bits per heavy atom. The molecule has 0 heterocycles. The van der Waals surface area contributed by atoms with Crippen LogP contribution in [0.1, 0.15) is 32.3 Å². The summed E-state index contributed by atoms with van der Waals surface area (Å²) >= 11 is 0. The summed E-state index contributed by atoms with van der Waals surface area (Å²) in [6.45, 7) is 12.2. The maximum atomic E-state index is 4.11. The van der Waals surface area contributed by atoms with Crippen molar-refractivity contribution in [2.24, 2.45) is 0 Å². The van der Waals surface area contributed by atoms with Gasteiger partial charge < -0.3 is 0 Å². The van der Waals surface area contributed by atoms with Crippen LogP contribution in [0.5, 0.6) is 0 Å². The highest BCUT2D eigenvalue weighted by molar-refractivity contribution is 5.63. The summed E-state index contributed by atoms with van der Waals surface area (Å²) in [5, 5.41) is 0. The minimum atomic E-state index is 1.01. The topological polar surface area (TPSA) is 0 Å². The van der Waals surface area contributed by atoms with Crippen molar-refractivity contribution in [1.82, 2.24) is 0 Å². The van der Waals surface area contributed by atoms with Crippen LogP contribution < -0.4 is 0 Å². The van der Waals surface area contributed by atoms with Crippen LogP contribution >= 0.6 is 0 Å². The maximum absolute atomic E-state index is 4.11. The molecule has 0 aliphatic rings. The van der Waals surface area contributed by atoms with Crippen LogP contribution in [0, 0.1) is 0 Å². The van der Waals surface area contributed by atoms with Gasteiger partial charge in [0.25, 0.3) is 0 Å². The van der Waals surface area contributed by atoms with Gasteiger partial charge in [-0.1, -0.05) is 60.7 Å². The molecule has 0 aliphatic heterocycles. The molecular weight excluding hydrogens is 192 g/mol. The van der Waals surface area contributed by atoms with Crippen LogP contribution in [0.25, 0.3) is 5.57 Å². The Bertz CT molecular complexity index is 393. The van der Waals surface area contributed by atoms with E-state index in [-0.39, 0.29) is 0 Å². The van der Waals surface area contributed by atoms with Crippen molar-refractivity contribution in [2.45, 2.75) is 26.7 Å². The number of hydrogen-bond donors (Lipinski definition) is 0. The first-order valence-electron chi connectivity index (χ1n) is 5.67. The largest absolute Gasteiger partial charge is 0.0959 e. The third-order valence-electron chi connectivity index (χ3n) is 2.75. The van der Waals surface area contributed by atoms with E-state index in [0.29, 0.717) is 0 Å². The zero-order valence-electron chi connectivity index (χ0n) is 10.3. The molecule has 16 heavy (non-hydrogen) atoms. The van der Waals surface area contributed by atoms with Gasteiger partial charge in [0.2, 0.25) is 0 Å². The van der Waals surface area contributed by atoms with Gasteiger partial charge >= 0.3 is 0 Å². The van der Waals surface area contributed by atoms with Crippen molar-refractivity contribution in [3.05, 3.63) is 66.3 Å². The first-order valence-corrected chi connectivity index (χ1v) is 5.67. The molecule has 0 aromatic heterocycles. The molecule has 84 valence electrons. The van der Waals surface area contributed by atoms with E-state index in [2.05, 4.69) is 50.4 Å². The van der Waals surface area contributed by atoms with Crippen LogP contribution in [-0.4, -0.2) is 0 Å². The van der Waals surface area contributed by atoms with Gasteiger partial charge in [-0.3, -0.25) is 0 Å². The van der Waals surface area contributed by atoms with E-state index in [1.807, 2.05) is 13.0 Å². The first-order chi connectivity index (χ1) is 7.61. The fraction of sp³-hybridized carbons (Fsp3) is 0.250. The molecule has 0 radical (unpaired) electrons. The molecule has 0 amide bonds. The highest BCUT2D eigenvalue weighted by Gasteiger charge is 1.97. The smallest absolute Gasteiger partial charge is 0.0230 e. The summed E-state index contributed by atoms with van der Waals surface area (Å²) in [4.78, 5) is 0. The van der Waals surface area contributed by atoms with Crippen molar-refractivity contribution >= 4 is 5.57 Å². The fourth-order valence-corrected chi connectivity index (χ4v) is 1.46. The molecule has 1 aromatic rings. The van der Waals surface area contributed by atoms with Crippen molar-refractivity contribution in [3.63, 3.8) is 0 Å². The van der Waals surface area contributed by atoms with E-state index in [9.17, 15) is 0 Å². The van der Waals surface area contributed by atoms with Gasteiger partial charge in [0.05, 0.1) is 0 Å². The van der Waals surface area contributed by atoms with Crippen molar-refractivity contribution < 1.29 is 0 Å².